The first kappa shape index (κ1) is 94.8. The number of fused-ring (bicyclic) bond motifs is 4. The van der Waals surface area contributed by atoms with Gasteiger partial charge in [-0.1, -0.05) is 13.8 Å². The van der Waals surface area contributed by atoms with E-state index < -0.39 is 34.9 Å². The van der Waals surface area contributed by atoms with Gasteiger partial charge in [0.25, 0.3) is 45.9 Å². The summed E-state index contributed by atoms with van der Waals surface area (Å²) in [4.78, 5) is 130. The maximum atomic E-state index is 14.2. The van der Waals surface area contributed by atoms with Gasteiger partial charge >= 0.3 is 6.01 Å². The highest BCUT2D eigenvalue weighted by Gasteiger charge is 2.35. The normalized spacial score (nSPS) is 18.4. The lowest BCUT2D eigenvalue weighted by atomic mass is 9.89. The van der Waals surface area contributed by atoms with Crippen LogP contribution in [0.5, 0.6) is 0 Å². The number of oxazole rings is 1. The molecule has 45 heteroatoms. The van der Waals surface area contributed by atoms with Crippen LogP contribution < -0.4 is 86.0 Å². The average Bonchev–Trinajstić information content (AvgIpc) is 1.69. The number of rotatable bonds is 28. The minimum absolute atomic E-state index is 0.0880. The van der Waals surface area contributed by atoms with E-state index in [-0.39, 0.29) is 130 Å². The molecule has 0 aromatic carbocycles. The summed E-state index contributed by atoms with van der Waals surface area (Å²) in [6.45, 7) is 5.60. The van der Waals surface area contributed by atoms with Crippen molar-refractivity contribution in [3.63, 3.8) is 0 Å². The van der Waals surface area contributed by atoms with Gasteiger partial charge in [0.05, 0.1) is 67.0 Å². The Balaban J connectivity index is 0.000000132. The molecular formula is C92H109FN30O14. The Hall–Kier alpha value is -15.4. The fourth-order valence-electron chi connectivity index (χ4n) is 16.5. The van der Waals surface area contributed by atoms with Crippen molar-refractivity contribution >= 4 is 116 Å². The van der Waals surface area contributed by atoms with E-state index in [0.717, 1.165) is 88.0 Å². The lowest BCUT2D eigenvalue weighted by Gasteiger charge is -2.32. The van der Waals surface area contributed by atoms with Crippen molar-refractivity contribution < 1.29 is 52.8 Å². The summed E-state index contributed by atoms with van der Waals surface area (Å²) >= 11 is 0. The zero-order valence-corrected chi connectivity index (χ0v) is 76.8. The predicted molar refractivity (Wildman–Crippen MR) is 509 cm³/mol. The molecule has 14 heterocycles. The molecule has 44 nitrogen and oxygen atoms in total. The zero-order chi connectivity index (χ0) is 96.5. The van der Waals surface area contributed by atoms with Gasteiger partial charge in [-0.3, -0.25) is 42.9 Å². The number of amides is 4. The van der Waals surface area contributed by atoms with Crippen LogP contribution in [-0.2, 0) is 9.47 Å². The number of nitrogens with one attached hydrogen (secondary N) is 12. The summed E-state index contributed by atoms with van der Waals surface area (Å²) in [6.07, 6.45) is 28.0. The summed E-state index contributed by atoms with van der Waals surface area (Å²) in [6, 6.07) is 23.2. The van der Waals surface area contributed by atoms with Crippen molar-refractivity contribution in [1.29, 1.82) is 0 Å². The lowest BCUT2D eigenvalue weighted by Crippen LogP contribution is -2.50. The first-order valence-electron chi connectivity index (χ1n) is 45.2. The molecule has 0 unspecified atom stereocenters. The quantitative estimate of drug-likeness (QED) is 0.0219. The second-order valence-electron chi connectivity index (χ2n) is 34.7. The first-order valence-corrected chi connectivity index (χ1v) is 45.2. The Bertz CT molecular complexity index is 6820. The average molecular weight is 1880 g/mol. The van der Waals surface area contributed by atoms with Gasteiger partial charge in [0, 0.05) is 134 Å². The molecule has 4 atom stereocenters. The number of hydrogen-bond donors (Lipinski definition) is 15. The summed E-state index contributed by atoms with van der Waals surface area (Å²) in [7, 11) is 10.4. The van der Waals surface area contributed by atoms with E-state index >= 15 is 0 Å². The Morgan fingerprint density at radius 1 is 0.474 bits per heavy atom. The van der Waals surface area contributed by atoms with Gasteiger partial charge in [0.2, 0.25) is 0 Å². The molecule has 718 valence electrons. The van der Waals surface area contributed by atoms with Gasteiger partial charge in [-0.2, -0.15) is 43.4 Å². The van der Waals surface area contributed by atoms with Crippen LogP contribution in [0.15, 0.2) is 171 Å². The van der Waals surface area contributed by atoms with Gasteiger partial charge in [0.15, 0.2) is 34.2 Å². The summed E-state index contributed by atoms with van der Waals surface area (Å²) in [5, 5.41) is 82.1. The molecule has 0 saturated heterocycles. The van der Waals surface area contributed by atoms with Crippen LogP contribution in [0, 0.1) is 18.2 Å². The molecule has 19 rings (SSSR count). The van der Waals surface area contributed by atoms with Crippen molar-refractivity contribution in [3.8, 4) is 11.8 Å². The number of ether oxygens (including phenoxy) is 2. The summed E-state index contributed by atoms with van der Waals surface area (Å²) in [5.74, 6) is 1.76. The molecule has 15 N–H and O–H groups in total. The van der Waals surface area contributed by atoms with Gasteiger partial charge in [-0.25, -0.2) is 33.9 Å². The molecule has 5 aliphatic carbocycles. The highest BCUT2D eigenvalue weighted by molar-refractivity contribution is 6.02. The number of methoxy groups -OCH3 is 2. The van der Waals surface area contributed by atoms with E-state index in [1.165, 1.54) is 79.8 Å². The molecule has 0 radical (unpaired) electrons. The SMILES string of the molecule is CNc1cc(Nc2cccn(-c3nc(C)co3)c2=O)nc2c(C(=O)NC3CCC3)cnn12.CNc1cc(Nc2cccn(-c3ncccc3F)c2=O)nc2c(C(=O)NCC(C)(C)CO)cnn12.CNc1cc(Nc2cccn(C3CCC(OC)CC3)c2=O)nc2c(C(=O)N[C@H]3CC[C@@H]3O)cnn12.CNc1cc(Nc2cccn(C3CCC(OC)CC3)c2=O)nc2c(C(=O)N[C@H]3CC[C@H]3O)cnn12. The Morgan fingerprint density at radius 3 is 1.20 bits per heavy atom. The van der Waals surface area contributed by atoms with E-state index in [0.29, 0.717) is 104 Å². The molecule has 5 aliphatic rings. The van der Waals surface area contributed by atoms with Crippen LogP contribution in [0.1, 0.15) is 169 Å². The first-order chi connectivity index (χ1) is 66.2. The number of hydrogen-bond acceptors (Lipinski definition) is 32. The number of carbonyl (C=O) groups is 4. The van der Waals surface area contributed by atoms with Crippen LogP contribution in [0.25, 0.3) is 34.4 Å². The van der Waals surface area contributed by atoms with Crippen molar-refractivity contribution in [1.82, 2.24) is 108 Å². The number of pyridine rings is 5. The van der Waals surface area contributed by atoms with E-state index in [4.69, 9.17) is 13.9 Å². The third-order valence-corrected chi connectivity index (χ3v) is 25.0. The van der Waals surface area contributed by atoms with Gasteiger partial charge < -0.3 is 102 Å². The molecular weight excluding hydrogens is 1770 g/mol. The summed E-state index contributed by atoms with van der Waals surface area (Å²) < 4.78 is 42.5. The van der Waals surface area contributed by atoms with E-state index in [1.54, 1.807) is 124 Å². The van der Waals surface area contributed by atoms with Crippen LogP contribution in [-0.4, -0.2) is 224 Å². The van der Waals surface area contributed by atoms with Crippen LogP contribution in [0.4, 0.5) is 73.7 Å². The van der Waals surface area contributed by atoms with Gasteiger partial charge in [0.1, 0.15) is 97.8 Å². The number of aliphatic hydroxyl groups excluding tert-OH is 3. The summed E-state index contributed by atoms with van der Waals surface area (Å²) in [5.41, 5.74) is 2.81. The topological polar surface area (TPSA) is 539 Å². The van der Waals surface area contributed by atoms with Gasteiger partial charge in [-0.05, 0) is 164 Å². The van der Waals surface area contributed by atoms with Crippen LogP contribution in [0.3, 0.4) is 0 Å². The lowest BCUT2D eigenvalue weighted by molar-refractivity contribution is 0.0448. The maximum Gasteiger partial charge on any atom is 0.308 e. The largest absolute Gasteiger partial charge is 0.431 e. The number of aromatic nitrogens is 18. The second kappa shape index (κ2) is 41.6. The standard InChI is InChI=1S/2C24H31N7O4.C23H25FN8O3.C21H22N8O3/c2*1-25-21-12-20(29-22-16(13-26-31(21)22)23(33)28-17-9-10-19(17)32)27-18-4-3-11-30(24(18)34)14-5-7-15(35-2)8-6-14;1-23(2,13-33)12-27-21(34)14-11-28-32-18(25-3)10-17(30-19(14)32)29-16-7-5-9-31(22(16)35)20-15(24)6-4-8-26-20;1-12-11-32-21(24-12)28-8-4-7-15(20(28)31)26-16-9-17(22-2)29-18(27-16)14(10-23-29)19(30)25-13-5-3-6-13/h2*3-4,11-15,17,19,25,32H,5-10H2,1-2H3,(H,27,29)(H,28,33);4-11,25,33H,12-13H2,1-3H3,(H,27,34)(H,29,30);4,7-11,13,22H,3,5-6H2,1-2H3,(H,25,30)(H,26,27)/t14?,15?,17-,19+;14?,15?,17-,19-;;/m00../s1. The molecule has 4 amide bonds. The fourth-order valence-corrected chi connectivity index (χ4v) is 16.5. The van der Waals surface area contributed by atoms with Crippen molar-refractivity contribution in [2.75, 3.05) is 98.1 Å². The molecule has 0 bridgehead atoms. The Morgan fingerprint density at radius 2 is 0.854 bits per heavy atom. The Labute approximate surface area is 781 Å². The number of aryl methyl sites for hydroxylation is 1. The minimum Gasteiger partial charge on any atom is -0.431 e. The predicted octanol–water partition coefficient (Wildman–Crippen LogP) is 8.31. The second-order valence-corrected chi connectivity index (χ2v) is 34.7. The maximum absolute atomic E-state index is 14.2. The number of aliphatic hydroxyl groups is 3. The van der Waals surface area contributed by atoms with Crippen LogP contribution in [0.2, 0.25) is 0 Å². The molecule has 14 aromatic rings. The smallest absolute Gasteiger partial charge is 0.308 e. The van der Waals surface area contributed by atoms with Crippen molar-refractivity contribution in [2.45, 2.75) is 172 Å². The van der Waals surface area contributed by atoms with Crippen molar-refractivity contribution in [3.05, 3.63) is 222 Å². The molecule has 137 heavy (non-hydrogen) atoms. The number of nitrogens with zero attached hydrogens (tertiary/aromatic N) is 18. The third kappa shape index (κ3) is 20.8. The van der Waals surface area contributed by atoms with Crippen LogP contribution >= 0.6 is 0 Å². The Kier molecular flexibility index (Phi) is 28.8. The molecule has 0 spiro atoms. The highest BCUT2D eigenvalue weighted by Crippen LogP contribution is 2.34. The molecule has 5 fully saturated rings. The van der Waals surface area contributed by atoms with E-state index in [9.17, 15) is 58.1 Å². The molecule has 0 aliphatic heterocycles. The third-order valence-electron chi connectivity index (χ3n) is 25.0. The number of halogens is 1. The van der Waals surface area contributed by atoms with E-state index in [1.807, 2.05) is 38.4 Å². The van der Waals surface area contributed by atoms with Gasteiger partial charge in [-0.15, -0.1) is 0 Å². The van der Waals surface area contributed by atoms with Crippen molar-refractivity contribution in [2.24, 2.45) is 5.41 Å². The minimum atomic E-state index is -0.636. The van der Waals surface area contributed by atoms with E-state index in [2.05, 4.69) is 114 Å². The number of anilines is 12. The monoisotopic (exact) mass is 1880 g/mol. The number of carbonyl (C=O) groups excluding carboxylic acids is 4. The molecule has 5 saturated carbocycles. The molecule has 14 aromatic heterocycles. The zero-order valence-electron chi connectivity index (χ0n) is 76.8. The highest BCUT2D eigenvalue weighted by atomic mass is 19.1. The fraction of sp³-hybridized carbons (Fsp3) is 0.391.